The van der Waals surface area contributed by atoms with E-state index in [0.717, 1.165) is 25.2 Å². The first-order valence-corrected chi connectivity index (χ1v) is 7.45. The van der Waals surface area contributed by atoms with Crippen molar-refractivity contribution < 1.29 is 4.79 Å². The highest BCUT2D eigenvalue weighted by Crippen LogP contribution is 2.42. The molecule has 2 fully saturated rings. The highest BCUT2D eigenvalue weighted by atomic mass is 16.1. The number of Topliss-reactive ketones (excluding diaryl/α,β-unsaturated/α-hetero) is 1. The Labute approximate surface area is 110 Å². The summed E-state index contributed by atoms with van der Waals surface area (Å²) in [5.41, 5.74) is 3.03. The van der Waals surface area contributed by atoms with Crippen molar-refractivity contribution in [1.82, 2.24) is 0 Å². The van der Waals surface area contributed by atoms with Crippen LogP contribution < -0.4 is 0 Å². The molecule has 2 saturated carbocycles. The van der Waals surface area contributed by atoms with E-state index in [-0.39, 0.29) is 0 Å². The summed E-state index contributed by atoms with van der Waals surface area (Å²) in [7, 11) is 0. The van der Waals surface area contributed by atoms with E-state index in [2.05, 4.69) is 24.3 Å². The van der Waals surface area contributed by atoms with Crippen molar-refractivity contribution in [3.8, 4) is 0 Å². The molecule has 1 aromatic carbocycles. The lowest BCUT2D eigenvalue weighted by Crippen LogP contribution is -2.14. The zero-order valence-corrected chi connectivity index (χ0v) is 11.0. The van der Waals surface area contributed by atoms with Gasteiger partial charge in [0.05, 0.1) is 0 Å². The van der Waals surface area contributed by atoms with Crippen molar-refractivity contribution >= 4 is 5.78 Å². The monoisotopic (exact) mass is 242 g/mol. The Kier molecular flexibility index (Phi) is 3.49. The van der Waals surface area contributed by atoms with Crippen LogP contribution in [-0.2, 0) is 4.79 Å². The van der Waals surface area contributed by atoms with Gasteiger partial charge in [-0.2, -0.15) is 0 Å². The second-order valence-corrected chi connectivity index (χ2v) is 5.94. The van der Waals surface area contributed by atoms with Gasteiger partial charge in [0.2, 0.25) is 0 Å². The number of carbonyl (C=O) groups is 1. The van der Waals surface area contributed by atoms with Gasteiger partial charge >= 0.3 is 0 Å². The van der Waals surface area contributed by atoms with Crippen molar-refractivity contribution in [2.75, 3.05) is 0 Å². The third-order valence-corrected chi connectivity index (χ3v) is 4.71. The summed E-state index contributed by atoms with van der Waals surface area (Å²) in [6.07, 6.45) is 9.18. The molecule has 1 unspecified atom stereocenters. The fraction of sp³-hybridized carbons (Fsp3) is 0.588. The average Bonchev–Trinajstić information content (AvgIpc) is 2.52. The summed E-state index contributed by atoms with van der Waals surface area (Å²) >= 11 is 0. The van der Waals surface area contributed by atoms with E-state index in [1.54, 1.807) is 5.56 Å². The third-order valence-electron chi connectivity index (χ3n) is 4.71. The molecule has 0 amide bonds. The molecule has 18 heavy (non-hydrogen) atoms. The molecular formula is C17H22O. The summed E-state index contributed by atoms with van der Waals surface area (Å²) in [5.74, 6) is 1.75. The Hall–Kier alpha value is -1.11. The minimum absolute atomic E-state index is 0.473. The van der Waals surface area contributed by atoms with Crippen molar-refractivity contribution in [1.29, 1.82) is 0 Å². The zero-order chi connectivity index (χ0) is 12.4. The summed E-state index contributed by atoms with van der Waals surface area (Å²) in [6.45, 7) is 0. The summed E-state index contributed by atoms with van der Waals surface area (Å²) in [4.78, 5) is 11.8. The normalized spacial score (nSPS) is 25.6. The maximum Gasteiger partial charge on any atom is 0.133 e. The number of benzene rings is 1. The number of hydrogen-bond donors (Lipinski definition) is 0. The van der Waals surface area contributed by atoms with Gasteiger partial charge in [0.25, 0.3) is 0 Å². The molecule has 1 aromatic rings. The molecule has 1 atom stereocenters. The Morgan fingerprint density at radius 2 is 1.50 bits per heavy atom. The van der Waals surface area contributed by atoms with Crippen LogP contribution in [0.2, 0.25) is 0 Å². The minimum atomic E-state index is 0.473. The molecular weight excluding hydrogens is 220 g/mol. The molecule has 0 N–H and O–H groups in total. The van der Waals surface area contributed by atoms with Gasteiger partial charge in [-0.15, -0.1) is 0 Å². The molecule has 0 aromatic heterocycles. The Balaban J connectivity index is 1.87. The van der Waals surface area contributed by atoms with E-state index in [9.17, 15) is 4.79 Å². The Morgan fingerprint density at radius 1 is 0.833 bits per heavy atom. The Morgan fingerprint density at radius 3 is 2.17 bits per heavy atom. The van der Waals surface area contributed by atoms with Crippen LogP contribution in [0.25, 0.3) is 0 Å². The van der Waals surface area contributed by atoms with Gasteiger partial charge in [-0.3, -0.25) is 4.79 Å². The van der Waals surface area contributed by atoms with Crippen LogP contribution in [0.1, 0.15) is 74.3 Å². The lowest BCUT2D eigenvalue weighted by molar-refractivity contribution is -0.119. The molecule has 0 spiro atoms. The van der Waals surface area contributed by atoms with Crippen molar-refractivity contribution in [2.45, 2.75) is 63.2 Å². The second-order valence-electron chi connectivity index (χ2n) is 5.94. The predicted molar refractivity (Wildman–Crippen MR) is 73.9 cm³/mol. The predicted octanol–water partition coefficient (Wildman–Crippen LogP) is 4.57. The van der Waals surface area contributed by atoms with Gasteiger partial charge in [-0.1, -0.05) is 37.1 Å². The van der Waals surface area contributed by atoms with Gasteiger partial charge in [0.1, 0.15) is 5.78 Å². The third kappa shape index (κ3) is 2.36. The van der Waals surface area contributed by atoms with Gasteiger partial charge in [0, 0.05) is 12.8 Å². The average molecular weight is 242 g/mol. The summed E-state index contributed by atoms with van der Waals surface area (Å²) in [6, 6.07) is 8.88. The zero-order valence-electron chi connectivity index (χ0n) is 11.0. The van der Waals surface area contributed by atoms with E-state index in [1.165, 1.54) is 37.7 Å². The minimum Gasteiger partial charge on any atom is -0.300 e. The quantitative estimate of drug-likeness (QED) is 0.694. The molecule has 2 aliphatic rings. The molecule has 1 nitrogen and oxygen atoms in total. The van der Waals surface area contributed by atoms with Gasteiger partial charge < -0.3 is 0 Å². The SMILES string of the molecule is O=C1CCCCC(c2ccccc2C2CCC2)C1. The maximum absolute atomic E-state index is 11.8. The molecule has 96 valence electrons. The fourth-order valence-corrected chi connectivity index (χ4v) is 3.43. The highest BCUT2D eigenvalue weighted by molar-refractivity contribution is 5.79. The van der Waals surface area contributed by atoms with Crippen LogP contribution >= 0.6 is 0 Å². The van der Waals surface area contributed by atoms with Crippen LogP contribution in [0, 0.1) is 0 Å². The molecule has 2 aliphatic carbocycles. The molecule has 0 radical (unpaired) electrons. The van der Waals surface area contributed by atoms with Crippen LogP contribution in [-0.4, -0.2) is 5.78 Å². The number of ketones is 1. The first kappa shape index (κ1) is 12.0. The van der Waals surface area contributed by atoms with E-state index in [0.29, 0.717) is 11.7 Å². The molecule has 1 heteroatoms. The molecule has 0 heterocycles. The topological polar surface area (TPSA) is 17.1 Å². The molecule has 0 saturated heterocycles. The van der Waals surface area contributed by atoms with E-state index < -0.39 is 0 Å². The van der Waals surface area contributed by atoms with Crippen LogP contribution in [0.15, 0.2) is 24.3 Å². The van der Waals surface area contributed by atoms with Crippen molar-refractivity contribution in [3.63, 3.8) is 0 Å². The highest BCUT2D eigenvalue weighted by Gasteiger charge is 2.26. The molecule has 3 rings (SSSR count). The number of hydrogen-bond acceptors (Lipinski definition) is 1. The maximum atomic E-state index is 11.8. The first-order chi connectivity index (χ1) is 8.84. The van der Waals surface area contributed by atoms with E-state index in [4.69, 9.17) is 0 Å². The largest absolute Gasteiger partial charge is 0.300 e. The van der Waals surface area contributed by atoms with E-state index in [1.807, 2.05) is 0 Å². The molecule has 0 bridgehead atoms. The lowest BCUT2D eigenvalue weighted by Gasteiger charge is -2.30. The summed E-state index contributed by atoms with van der Waals surface area (Å²) in [5, 5.41) is 0. The van der Waals surface area contributed by atoms with Crippen molar-refractivity contribution in [2.24, 2.45) is 0 Å². The summed E-state index contributed by atoms with van der Waals surface area (Å²) < 4.78 is 0. The lowest BCUT2D eigenvalue weighted by atomic mass is 9.75. The Bertz CT molecular complexity index is 431. The molecule has 0 aliphatic heterocycles. The smallest absolute Gasteiger partial charge is 0.133 e. The first-order valence-electron chi connectivity index (χ1n) is 7.45. The van der Waals surface area contributed by atoms with Crippen molar-refractivity contribution in [3.05, 3.63) is 35.4 Å². The number of carbonyl (C=O) groups excluding carboxylic acids is 1. The fourth-order valence-electron chi connectivity index (χ4n) is 3.43. The van der Waals surface area contributed by atoms with Crippen LogP contribution in [0.5, 0.6) is 0 Å². The second kappa shape index (κ2) is 5.26. The standard InChI is InChI=1S/C17H22O/c18-15-9-2-1-6-14(12-15)17-11-4-3-10-16(17)13-7-5-8-13/h3-4,10-11,13-14H,1-2,5-9,12H2. The van der Waals surface area contributed by atoms with Crippen LogP contribution in [0.4, 0.5) is 0 Å². The van der Waals surface area contributed by atoms with Gasteiger partial charge in [-0.05, 0) is 48.6 Å². The van der Waals surface area contributed by atoms with Crippen LogP contribution in [0.3, 0.4) is 0 Å². The van der Waals surface area contributed by atoms with E-state index >= 15 is 0 Å². The number of rotatable bonds is 2. The van der Waals surface area contributed by atoms with Gasteiger partial charge in [0.15, 0.2) is 0 Å². The van der Waals surface area contributed by atoms with Gasteiger partial charge in [-0.25, -0.2) is 0 Å².